The maximum Gasteiger partial charge on any atom is 0.295 e. The minimum absolute atomic E-state index is 0.0432. The minimum atomic E-state index is -0.360. The highest BCUT2D eigenvalue weighted by Crippen LogP contribution is 2.29. The second kappa shape index (κ2) is 8.65. The first-order valence-electron chi connectivity index (χ1n) is 11.1. The number of carbonyl (C=O) groups is 1. The number of piperidine rings is 1. The van der Waals surface area contributed by atoms with E-state index in [0.29, 0.717) is 41.5 Å². The van der Waals surface area contributed by atoms with Crippen LogP contribution in [0.2, 0.25) is 0 Å². The SMILES string of the molecule is Cc1cccc(-n2nccn2)c1C(=O)N1CCCC(C)C1CNc1nc2cc(F)ccc2o1. The van der Waals surface area contributed by atoms with E-state index in [1.807, 2.05) is 30.0 Å². The Bertz CT molecular complexity index is 1290. The van der Waals surface area contributed by atoms with E-state index >= 15 is 0 Å². The number of anilines is 1. The molecular formula is C24H25FN6O2. The predicted molar refractivity (Wildman–Crippen MR) is 122 cm³/mol. The summed E-state index contributed by atoms with van der Waals surface area (Å²) in [5.41, 5.74) is 3.11. The summed E-state index contributed by atoms with van der Waals surface area (Å²) >= 11 is 0. The molecule has 0 aliphatic carbocycles. The molecule has 3 heterocycles. The van der Waals surface area contributed by atoms with E-state index in [2.05, 4.69) is 27.4 Å². The van der Waals surface area contributed by atoms with Gasteiger partial charge in [0.15, 0.2) is 5.58 Å². The molecule has 1 saturated heterocycles. The summed E-state index contributed by atoms with van der Waals surface area (Å²) in [7, 11) is 0. The summed E-state index contributed by atoms with van der Waals surface area (Å²) in [5.74, 6) is -0.119. The summed E-state index contributed by atoms with van der Waals surface area (Å²) in [5, 5.41) is 11.7. The quantitative estimate of drug-likeness (QED) is 0.492. The van der Waals surface area contributed by atoms with Crippen LogP contribution in [0, 0.1) is 18.7 Å². The number of nitrogens with zero attached hydrogens (tertiary/aromatic N) is 5. The number of halogens is 1. The van der Waals surface area contributed by atoms with E-state index in [-0.39, 0.29) is 23.7 Å². The highest BCUT2D eigenvalue weighted by atomic mass is 19.1. The molecule has 1 N–H and O–H groups in total. The van der Waals surface area contributed by atoms with Crippen molar-refractivity contribution in [3.05, 3.63) is 65.7 Å². The van der Waals surface area contributed by atoms with Gasteiger partial charge in [0.25, 0.3) is 11.9 Å². The van der Waals surface area contributed by atoms with Crippen LogP contribution in [0.4, 0.5) is 10.4 Å². The van der Waals surface area contributed by atoms with E-state index in [9.17, 15) is 9.18 Å². The predicted octanol–water partition coefficient (Wildman–Crippen LogP) is 4.21. The molecule has 2 aromatic heterocycles. The van der Waals surface area contributed by atoms with Crippen LogP contribution >= 0.6 is 0 Å². The highest BCUT2D eigenvalue weighted by Gasteiger charge is 2.34. The third-order valence-electron chi connectivity index (χ3n) is 6.29. The number of amides is 1. The Kier molecular flexibility index (Phi) is 5.53. The van der Waals surface area contributed by atoms with Crippen molar-refractivity contribution in [3.63, 3.8) is 0 Å². The van der Waals surface area contributed by atoms with E-state index in [1.165, 1.54) is 16.9 Å². The van der Waals surface area contributed by atoms with Crippen LogP contribution in [0.25, 0.3) is 16.8 Å². The van der Waals surface area contributed by atoms with Gasteiger partial charge < -0.3 is 14.6 Å². The topological polar surface area (TPSA) is 89.1 Å². The summed E-state index contributed by atoms with van der Waals surface area (Å²) in [6.45, 7) is 5.22. The Hall–Kier alpha value is -3.75. The first-order valence-corrected chi connectivity index (χ1v) is 11.1. The van der Waals surface area contributed by atoms with Crippen LogP contribution in [0.15, 0.2) is 53.2 Å². The number of oxazole rings is 1. The lowest BCUT2D eigenvalue weighted by Gasteiger charge is -2.40. The van der Waals surface area contributed by atoms with Gasteiger partial charge in [-0.25, -0.2) is 4.39 Å². The number of carbonyl (C=O) groups excluding carboxylic acids is 1. The van der Waals surface area contributed by atoms with Crippen LogP contribution in [0.5, 0.6) is 0 Å². The molecule has 5 rings (SSSR count). The molecule has 0 radical (unpaired) electrons. The monoisotopic (exact) mass is 448 g/mol. The summed E-state index contributed by atoms with van der Waals surface area (Å²) in [6.07, 6.45) is 5.15. The van der Waals surface area contributed by atoms with Crippen molar-refractivity contribution in [1.82, 2.24) is 24.9 Å². The largest absolute Gasteiger partial charge is 0.424 e. The van der Waals surface area contributed by atoms with Crippen molar-refractivity contribution >= 4 is 23.0 Å². The van der Waals surface area contributed by atoms with Gasteiger partial charge in [-0.2, -0.15) is 20.0 Å². The number of likely N-dealkylation sites (tertiary alicyclic amines) is 1. The van der Waals surface area contributed by atoms with Crippen molar-refractivity contribution in [3.8, 4) is 5.69 Å². The molecular weight excluding hydrogens is 423 g/mol. The van der Waals surface area contributed by atoms with Gasteiger partial charge in [0.2, 0.25) is 0 Å². The molecule has 8 nitrogen and oxygen atoms in total. The lowest BCUT2D eigenvalue weighted by Crippen LogP contribution is -2.51. The fourth-order valence-corrected chi connectivity index (χ4v) is 4.56. The summed E-state index contributed by atoms with van der Waals surface area (Å²) < 4.78 is 19.2. The number of hydrogen-bond acceptors (Lipinski definition) is 6. The second-order valence-electron chi connectivity index (χ2n) is 8.48. The van der Waals surface area contributed by atoms with Crippen LogP contribution < -0.4 is 5.32 Å². The Balaban J connectivity index is 1.41. The molecule has 1 aliphatic heterocycles. The third kappa shape index (κ3) is 4.06. The van der Waals surface area contributed by atoms with E-state index < -0.39 is 0 Å². The Morgan fingerprint density at radius 1 is 1.24 bits per heavy atom. The molecule has 0 spiro atoms. The first kappa shape index (κ1) is 21.1. The fourth-order valence-electron chi connectivity index (χ4n) is 4.56. The molecule has 170 valence electrons. The molecule has 33 heavy (non-hydrogen) atoms. The molecule has 2 aromatic carbocycles. The molecule has 4 aromatic rings. The molecule has 1 aliphatic rings. The van der Waals surface area contributed by atoms with Gasteiger partial charge in [0.05, 0.1) is 29.7 Å². The van der Waals surface area contributed by atoms with Crippen LogP contribution in [0.3, 0.4) is 0 Å². The van der Waals surface area contributed by atoms with Gasteiger partial charge in [-0.1, -0.05) is 19.1 Å². The maximum atomic E-state index is 13.8. The molecule has 1 fully saturated rings. The summed E-state index contributed by atoms with van der Waals surface area (Å²) in [4.78, 5) is 21.6. The fraction of sp³-hybridized carbons (Fsp3) is 0.333. The average molecular weight is 449 g/mol. The lowest BCUT2D eigenvalue weighted by molar-refractivity contribution is 0.0538. The van der Waals surface area contributed by atoms with Gasteiger partial charge in [-0.05, 0) is 49.4 Å². The zero-order valence-corrected chi connectivity index (χ0v) is 18.5. The minimum Gasteiger partial charge on any atom is -0.424 e. The highest BCUT2D eigenvalue weighted by molar-refractivity contribution is 5.99. The molecule has 0 bridgehead atoms. The van der Waals surface area contributed by atoms with E-state index in [0.717, 1.165) is 18.4 Å². The van der Waals surface area contributed by atoms with Crippen molar-refractivity contribution in [2.45, 2.75) is 32.7 Å². The molecule has 2 atom stereocenters. The number of aryl methyl sites for hydroxylation is 1. The van der Waals surface area contributed by atoms with Crippen LogP contribution in [-0.4, -0.2) is 49.9 Å². The van der Waals surface area contributed by atoms with Crippen molar-refractivity contribution in [2.75, 3.05) is 18.4 Å². The lowest BCUT2D eigenvalue weighted by atomic mass is 9.89. The molecule has 9 heteroatoms. The van der Waals surface area contributed by atoms with Crippen LogP contribution in [0.1, 0.15) is 35.7 Å². The number of rotatable bonds is 5. The van der Waals surface area contributed by atoms with E-state index in [1.54, 1.807) is 18.5 Å². The van der Waals surface area contributed by atoms with Gasteiger partial charge in [0.1, 0.15) is 11.3 Å². The van der Waals surface area contributed by atoms with Crippen molar-refractivity contribution in [2.24, 2.45) is 5.92 Å². The molecule has 2 unspecified atom stereocenters. The van der Waals surface area contributed by atoms with Crippen molar-refractivity contribution in [1.29, 1.82) is 0 Å². The summed E-state index contributed by atoms with van der Waals surface area (Å²) in [6, 6.07) is 10.2. The Morgan fingerprint density at radius 2 is 2.06 bits per heavy atom. The molecule has 1 amide bonds. The van der Waals surface area contributed by atoms with E-state index in [4.69, 9.17) is 4.42 Å². The zero-order valence-electron chi connectivity index (χ0n) is 18.5. The number of benzene rings is 2. The number of hydrogen-bond donors (Lipinski definition) is 1. The average Bonchev–Trinajstić information content (AvgIpc) is 3.47. The van der Waals surface area contributed by atoms with Gasteiger partial charge in [0, 0.05) is 19.2 Å². The van der Waals surface area contributed by atoms with Gasteiger partial charge in [-0.3, -0.25) is 4.79 Å². The Labute approximate surface area is 190 Å². The second-order valence-corrected chi connectivity index (χ2v) is 8.48. The Morgan fingerprint density at radius 3 is 2.88 bits per heavy atom. The first-order chi connectivity index (χ1) is 16.0. The normalized spacial score (nSPS) is 18.6. The van der Waals surface area contributed by atoms with Crippen LogP contribution in [-0.2, 0) is 0 Å². The van der Waals surface area contributed by atoms with Gasteiger partial charge >= 0.3 is 0 Å². The maximum absolute atomic E-state index is 13.8. The standard InChI is InChI=1S/C24H25FN6O2/c1-15-6-4-12-30(20(15)14-26-24-29-18-13-17(25)8-9-21(18)33-24)23(32)22-16(2)5-3-7-19(22)31-27-10-11-28-31/h3,5,7-11,13,15,20H,4,6,12,14H2,1-2H3,(H,26,29). The number of fused-ring (bicyclic) bond motifs is 1. The number of nitrogens with one attached hydrogen (secondary N) is 1. The van der Waals surface area contributed by atoms with Gasteiger partial charge in [-0.15, -0.1) is 0 Å². The van der Waals surface area contributed by atoms with Crippen molar-refractivity contribution < 1.29 is 13.6 Å². The molecule has 0 saturated carbocycles. The smallest absolute Gasteiger partial charge is 0.295 e. The zero-order chi connectivity index (χ0) is 22.9. The number of aromatic nitrogens is 4. The third-order valence-corrected chi connectivity index (χ3v) is 6.29.